The Morgan fingerprint density at radius 3 is 2.29 bits per heavy atom. The molecule has 3 aliphatic rings. The molecule has 41 heavy (non-hydrogen) atoms. The molecule has 3 heteroatoms. The molecule has 4 rings (SSSR count). The Morgan fingerprint density at radius 1 is 0.902 bits per heavy atom. The quantitative estimate of drug-likeness (QED) is 0.132. The van der Waals surface area contributed by atoms with Gasteiger partial charge in [0.15, 0.2) is 0 Å². The normalized spacial score (nSPS) is 27.6. The van der Waals surface area contributed by atoms with E-state index in [9.17, 15) is 9.90 Å². The molecule has 1 N–H and O–H groups in total. The van der Waals surface area contributed by atoms with Crippen LogP contribution in [0.4, 0.5) is 0 Å². The molecule has 2 saturated carbocycles. The van der Waals surface area contributed by atoms with E-state index in [4.69, 9.17) is 4.74 Å². The van der Waals surface area contributed by atoms with Crippen LogP contribution in [0.25, 0.3) is 0 Å². The zero-order valence-electron chi connectivity index (χ0n) is 25.7. The van der Waals surface area contributed by atoms with Crippen LogP contribution in [0, 0.1) is 17.3 Å². The van der Waals surface area contributed by atoms with Crippen LogP contribution in [0.2, 0.25) is 0 Å². The molecule has 0 bridgehead atoms. The van der Waals surface area contributed by atoms with Crippen LogP contribution >= 0.6 is 0 Å². The molecule has 0 amide bonds. The first-order valence-corrected chi connectivity index (χ1v) is 16.6. The number of aromatic hydroxyl groups is 1. The van der Waals surface area contributed by atoms with Gasteiger partial charge >= 0.3 is 5.97 Å². The highest BCUT2D eigenvalue weighted by atomic mass is 16.5. The van der Waals surface area contributed by atoms with E-state index in [0.717, 1.165) is 57.8 Å². The maximum atomic E-state index is 12.8. The average molecular weight is 559 g/mol. The van der Waals surface area contributed by atoms with Crippen LogP contribution in [0.1, 0.15) is 127 Å². The molecule has 2 fully saturated rings. The topological polar surface area (TPSA) is 46.5 Å². The monoisotopic (exact) mass is 558 g/mol. The van der Waals surface area contributed by atoms with Gasteiger partial charge in [-0.15, -0.1) is 0 Å². The summed E-state index contributed by atoms with van der Waals surface area (Å²) in [6.45, 7) is 4.64. The number of aryl methyl sites for hydroxylation is 1. The molecule has 0 heterocycles. The van der Waals surface area contributed by atoms with Crippen LogP contribution in [0.5, 0.6) is 5.75 Å². The standard InChI is InChI=1S/C38H54O3/c1-3-4-5-6-7-8-9-10-11-12-13-14-15-16-17-18-19-20-37(40)41-36-26-25-35-34-23-21-30-29-31(39)22-24-32(30)33(34)27-28-38(35,36)2/h7-8,10-11,13-14,16-17,22,24,29,33-36,39H,3-6,9,12,15,18-21,23,25-28H2,1-2H3/b8-7+,11-10+,14-13+,17-16+. The third kappa shape index (κ3) is 8.72. The molecular formula is C38H54O3. The van der Waals surface area contributed by atoms with Gasteiger partial charge in [0, 0.05) is 11.8 Å². The Morgan fingerprint density at radius 2 is 1.59 bits per heavy atom. The van der Waals surface area contributed by atoms with Gasteiger partial charge in [-0.25, -0.2) is 0 Å². The predicted octanol–water partition coefficient (Wildman–Crippen LogP) is 10.3. The number of hydrogen-bond acceptors (Lipinski definition) is 3. The summed E-state index contributed by atoms with van der Waals surface area (Å²) in [5.74, 6) is 2.27. The van der Waals surface area contributed by atoms with Gasteiger partial charge in [0.25, 0.3) is 0 Å². The Kier molecular flexibility index (Phi) is 12.4. The lowest BCUT2D eigenvalue weighted by Gasteiger charge is -2.50. The zero-order valence-corrected chi connectivity index (χ0v) is 25.7. The summed E-state index contributed by atoms with van der Waals surface area (Å²) in [7, 11) is 0. The average Bonchev–Trinajstić information content (AvgIpc) is 3.30. The van der Waals surface area contributed by atoms with Crippen molar-refractivity contribution in [2.45, 2.75) is 129 Å². The number of hydrogen-bond donors (Lipinski definition) is 1. The van der Waals surface area contributed by atoms with E-state index in [-0.39, 0.29) is 17.5 Å². The molecule has 3 nitrogen and oxygen atoms in total. The summed E-state index contributed by atoms with van der Waals surface area (Å²) >= 11 is 0. The molecule has 0 radical (unpaired) electrons. The highest BCUT2D eigenvalue weighted by Gasteiger charge is 2.56. The fraction of sp³-hybridized carbons (Fsp3) is 0.605. The van der Waals surface area contributed by atoms with Gasteiger partial charge in [0.1, 0.15) is 11.9 Å². The molecule has 1 aromatic carbocycles. The van der Waals surface area contributed by atoms with E-state index >= 15 is 0 Å². The van der Waals surface area contributed by atoms with Gasteiger partial charge in [0.05, 0.1) is 0 Å². The van der Waals surface area contributed by atoms with Crippen molar-refractivity contribution in [1.82, 2.24) is 0 Å². The van der Waals surface area contributed by atoms with E-state index < -0.39 is 0 Å². The number of phenolic OH excluding ortho intramolecular Hbond substituents is 1. The maximum absolute atomic E-state index is 12.8. The molecule has 0 saturated heterocycles. The number of benzene rings is 1. The Balaban J connectivity index is 1.09. The van der Waals surface area contributed by atoms with Crippen LogP contribution in [-0.4, -0.2) is 17.2 Å². The second-order valence-electron chi connectivity index (χ2n) is 12.9. The van der Waals surface area contributed by atoms with Gasteiger partial charge < -0.3 is 9.84 Å². The number of carbonyl (C=O) groups is 1. The molecular weight excluding hydrogens is 504 g/mol. The van der Waals surface area contributed by atoms with Gasteiger partial charge in [-0.3, -0.25) is 4.79 Å². The molecule has 0 spiro atoms. The van der Waals surface area contributed by atoms with Crippen molar-refractivity contribution >= 4 is 5.97 Å². The van der Waals surface area contributed by atoms with Gasteiger partial charge in [-0.05, 0) is 124 Å². The number of ether oxygens (including phenoxy) is 1. The number of esters is 1. The fourth-order valence-corrected chi connectivity index (χ4v) is 7.86. The maximum Gasteiger partial charge on any atom is 0.306 e. The van der Waals surface area contributed by atoms with E-state index in [0.29, 0.717) is 29.9 Å². The first-order valence-electron chi connectivity index (χ1n) is 16.6. The number of phenols is 1. The van der Waals surface area contributed by atoms with E-state index in [1.54, 1.807) is 0 Å². The number of carbonyl (C=O) groups excluding carboxylic acids is 1. The van der Waals surface area contributed by atoms with Crippen molar-refractivity contribution in [3.05, 3.63) is 77.9 Å². The number of rotatable bonds is 15. The zero-order chi connectivity index (χ0) is 28.9. The minimum absolute atomic E-state index is 0.0145. The van der Waals surface area contributed by atoms with Crippen molar-refractivity contribution in [2.24, 2.45) is 17.3 Å². The molecule has 5 unspecified atom stereocenters. The first-order chi connectivity index (χ1) is 20.0. The molecule has 0 aromatic heterocycles. The summed E-state index contributed by atoms with van der Waals surface area (Å²) in [5, 5.41) is 9.93. The molecule has 5 atom stereocenters. The second kappa shape index (κ2) is 16.2. The fourth-order valence-electron chi connectivity index (χ4n) is 7.86. The van der Waals surface area contributed by atoms with E-state index in [1.807, 2.05) is 12.1 Å². The van der Waals surface area contributed by atoms with Crippen molar-refractivity contribution in [3.63, 3.8) is 0 Å². The van der Waals surface area contributed by atoms with Gasteiger partial charge in [-0.2, -0.15) is 0 Å². The van der Waals surface area contributed by atoms with E-state index in [2.05, 4.69) is 68.5 Å². The first kappa shape index (κ1) is 31.4. The summed E-state index contributed by atoms with van der Waals surface area (Å²) < 4.78 is 6.16. The lowest BCUT2D eigenvalue weighted by atomic mass is 9.55. The third-order valence-electron chi connectivity index (χ3n) is 10.1. The van der Waals surface area contributed by atoms with Gasteiger partial charge in [0.2, 0.25) is 0 Å². The number of unbranched alkanes of at least 4 members (excludes halogenated alkanes) is 4. The number of fused-ring (bicyclic) bond motifs is 5. The smallest absolute Gasteiger partial charge is 0.306 e. The summed E-state index contributed by atoms with van der Waals surface area (Å²) in [6, 6.07) is 5.99. The molecule has 224 valence electrons. The minimum Gasteiger partial charge on any atom is -0.508 e. The lowest BCUT2D eigenvalue weighted by molar-refractivity contribution is -0.157. The van der Waals surface area contributed by atoms with Crippen LogP contribution in [0.3, 0.4) is 0 Å². The Labute approximate surface area is 249 Å². The van der Waals surface area contributed by atoms with Crippen molar-refractivity contribution in [3.8, 4) is 5.75 Å². The highest BCUT2D eigenvalue weighted by Crippen LogP contribution is 2.61. The molecule has 3 aliphatic carbocycles. The van der Waals surface area contributed by atoms with Crippen molar-refractivity contribution in [1.29, 1.82) is 0 Å². The second-order valence-corrected chi connectivity index (χ2v) is 12.9. The molecule has 1 aromatic rings. The summed E-state index contributed by atoms with van der Waals surface area (Å²) in [4.78, 5) is 12.8. The number of allylic oxidation sites excluding steroid dienone is 8. The van der Waals surface area contributed by atoms with Crippen molar-refractivity contribution in [2.75, 3.05) is 0 Å². The predicted molar refractivity (Wildman–Crippen MR) is 171 cm³/mol. The third-order valence-corrected chi connectivity index (χ3v) is 10.1. The molecule has 0 aliphatic heterocycles. The minimum atomic E-state index is -0.0145. The van der Waals surface area contributed by atoms with E-state index in [1.165, 1.54) is 49.7 Å². The SMILES string of the molecule is CCCCC/C=C/C/C=C/C/C=C/C/C=C/CCCC(=O)OC1CCC2C3CCc4cc(O)ccc4C3CCC12C. The Bertz CT molecular complexity index is 1080. The summed E-state index contributed by atoms with van der Waals surface area (Å²) in [6.07, 6.45) is 35.1. The lowest BCUT2D eigenvalue weighted by Crippen LogP contribution is -2.45. The van der Waals surface area contributed by atoms with Crippen LogP contribution in [-0.2, 0) is 16.0 Å². The Hall–Kier alpha value is -2.55. The van der Waals surface area contributed by atoms with Crippen LogP contribution in [0.15, 0.2) is 66.8 Å². The highest BCUT2D eigenvalue weighted by molar-refractivity contribution is 5.69. The van der Waals surface area contributed by atoms with Crippen LogP contribution < -0.4 is 0 Å². The summed E-state index contributed by atoms with van der Waals surface area (Å²) in [5.41, 5.74) is 2.90. The van der Waals surface area contributed by atoms with Crippen molar-refractivity contribution < 1.29 is 14.6 Å². The largest absolute Gasteiger partial charge is 0.508 e. The van der Waals surface area contributed by atoms with Gasteiger partial charge in [-0.1, -0.05) is 81.4 Å².